The average Bonchev–Trinajstić information content (AvgIpc) is 3.09. The van der Waals surface area contributed by atoms with E-state index in [1.807, 2.05) is 35.8 Å². The molecule has 0 spiro atoms. The van der Waals surface area contributed by atoms with Crippen molar-refractivity contribution in [3.8, 4) is 17.5 Å². The van der Waals surface area contributed by atoms with Gasteiger partial charge in [0.05, 0.1) is 17.4 Å². The van der Waals surface area contributed by atoms with Crippen molar-refractivity contribution in [2.75, 3.05) is 5.75 Å². The summed E-state index contributed by atoms with van der Waals surface area (Å²) in [5.41, 5.74) is 3.24. The second-order valence-electron chi connectivity index (χ2n) is 5.98. The molecule has 0 amide bonds. The summed E-state index contributed by atoms with van der Waals surface area (Å²) >= 11 is 1.35. The van der Waals surface area contributed by atoms with Crippen LogP contribution in [0.4, 0.5) is 0 Å². The number of nitrogens with zero attached hydrogens (tertiary/aromatic N) is 4. The van der Waals surface area contributed by atoms with Crippen LogP contribution in [-0.2, 0) is 6.54 Å². The van der Waals surface area contributed by atoms with Gasteiger partial charge in [-0.15, -0.1) is 16.8 Å². The molecule has 5 nitrogen and oxygen atoms in total. The van der Waals surface area contributed by atoms with Crippen LogP contribution in [0.15, 0.2) is 66.3 Å². The van der Waals surface area contributed by atoms with Crippen LogP contribution < -0.4 is 0 Å². The minimum absolute atomic E-state index is 0.0188. The Bertz CT molecular complexity index is 1020. The third kappa shape index (κ3) is 4.33. The lowest BCUT2D eigenvalue weighted by molar-refractivity contribution is 0.102. The number of rotatable bonds is 7. The predicted molar refractivity (Wildman–Crippen MR) is 107 cm³/mol. The molecule has 3 rings (SSSR count). The van der Waals surface area contributed by atoms with E-state index in [1.54, 1.807) is 30.3 Å². The maximum absolute atomic E-state index is 12.4. The fourth-order valence-electron chi connectivity index (χ4n) is 2.63. The maximum Gasteiger partial charge on any atom is 0.192 e. The van der Waals surface area contributed by atoms with Gasteiger partial charge in [0.15, 0.2) is 16.8 Å². The summed E-state index contributed by atoms with van der Waals surface area (Å²) in [7, 11) is 0. The molecular formula is C21H18N4OS. The molecule has 1 heterocycles. The molecule has 0 aliphatic heterocycles. The number of benzene rings is 2. The lowest BCUT2D eigenvalue weighted by atomic mass is 10.1. The van der Waals surface area contributed by atoms with Crippen LogP contribution in [0, 0.1) is 18.3 Å². The smallest absolute Gasteiger partial charge is 0.192 e. The molecule has 0 fully saturated rings. The van der Waals surface area contributed by atoms with Crippen LogP contribution in [0.25, 0.3) is 11.4 Å². The molecule has 0 N–H and O–H groups in total. The van der Waals surface area contributed by atoms with Gasteiger partial charge in [-0.2, -0.15) is 5.26 Å². The molecule has 0 atom stereocenters. The first kappa shape index (κ1) is 18.6. The van der Waals surface area contributed by atoms with E-state index >= 15 is 0 Å². The lowest BCUT2D eigenvalue weighted by Crippen LogP contribution is -2.05. The van der Waals surface area contributed by atoms with Gasteiger partial charge < -0.3 is 0 Å². The summed E-state index contributed by atoms with van der Waals surface area (Å²) in [5.74, 6) is 0.983. The summed E-state index contributed by atoms with van der Waals surface area (Å²) < 4.78 is 1.96. The lowest BCUT2D eigenvalue weighted by Gasteiger charge is -2.08. The summed E-state index contributed by atoms with van der Waals surface area (Å²) in [6.07, 6.45) is 1.79. The van der Waals surface area contributed by atoms with E-state index in [0.29, 0.717) is 22.8 Å². The first-order valence-corrected chi connectivity index (χ1v) is 9.38. The van der Waals surface area contributed by atoms with E-state index in [2.05, 4.69) is 22.8 Å². The number of thioether (sulfide) groups is 1. The highest BCUT2D eigenvalue weighted by Gasteiger charge is 2.15. The topological polar surface area (TPSA) is 71.6 Å². The number of carbonyl (C=O) groups excluding carboxylic acids is 1. The van der Waals surface area contributed by atoms with Gasteiger partial charge in [-0.3, -0.25) is 9.36 Å². The summed E-state index contributed by atoms with van der Waals surface area (Å²) in [4.78, 5) is 12.4. The molecule has 1 aromatic heterocycles. The zero-order chi connectivity index (χ0) is 19.2. The van der Waals surface area contributed by atoms with E-state index < -0.39 is 0 Å². The standard InChI is InChI=1S/C21H18N4OS/c1-3-11-25-20(18-6-4-5-15(2)12-18)23-24-21(25)27-14-19(26)17-9-7-16(13-22)8-10-17/h3-10,12H,1,11,14H2,2H3. The largest absolute Gasteiger partial charge is 0.298 e. The summed E-state index contributed by atoms with van der Waals surface area (Å²) in [6.45, 7) is 6.40. The average molecular weight is 374 g/mol. The molecular weight excluding hydrogens is 356 g/mol. The van der Waals surface area contributed by atoms with Gasteiger partial charge in [-0.25, -0.2) is 0 Å². The van der Waals surface area contributed by atoms with Gasteiger partial charge in [-0.1, -0.05) is 53.7 Å². The molecule has 3 aromatic rings. The Morgan fingerprint density at radius 2 is 2.04 bits per heavy atom. The second kappa shape index (κ2) is 8.47. The molecule has 27 heavy (non-hydrogen) atoms. The quantitative estimate of drug-likeness (QED) is 0.350. The fraction of sp³-hybridized carbons (Fsp3) is 0.143. The molecule has 0 unspecified atom stereocenters. The highest BCUT2D eigenvalue weighted by atomic mass is 32.2. The molecule has 0 aliphatic carbocycles. The number of allylic oxidation sites excluding steroid dienone is 1. The molecule has 2 aromatic carbocycles. The van der Waals surface area contributed by atoms with E-state index in [9.17, 15) is 4.79 Å². The number of hydrogen-bond acceptors (Lipinski definition) is 5. The summed E-state index contributed by atoms with van der Waals surface area (Å²) in [6, 6.07) is 16.8. The van der Waals surface area contributed by atoms with Crippen molar-refractivity contribution in [1.82, 2.24) is 14.8 Å². The Morgan fingerprint density at radius 3 is 2.70 bits per heavy atom. The normalized spacial score (nSPS) is 10.4. The maximum atomic E-state index is 12.4. The van der Waals surface area contributed by atoms with Crippen molar-refractivity contribution in [3.05, 3.63) is 77.9 Å². The first-order valence-electron chi connectivity index (χ1n) is 8.39. The zero-order valence-electron chi connectivity index (χ0n) is 14.9. The Balaban J connectivity index is 1.79. The molecule has 0 saturated heterocycles. The zero-order valence-corrected chi connectivity index (χ0v) is 15.7. The highest BCUT2D eigenvalue weighted by Crippen LogP contribution is 2.25. The van der Waals surface area contributed by atoms with Crippen molar-refractivity contribution in [2.45, 2.75) is 18.6 Å². The van der Waals surface area contributed by atoms with Gasteiger partial charge in [0.25, 0.3) is 0 Å². The first-order chi connectivity index (χ1) is 13.1. The van der Waals surface area contributed by atoms with E-state index in [4.69, 9.17) is 5.26 Å². The van der Waals surface area contributed by atoms with Crippen molar-refractivity contribution in [1.29, 1.82) is 5.26 Å². The summed E-state index contributed by atoms with van der Waals surface area (Å²) in [5, 5.41) is 18.1. The van der Waals surface area contributed by atoms with E-state index in [1.165, 1.54) is 11.8 Å². The second-order valence-corrected chi connectivity index (χ2v) is 6.92. The van der Waals surface area contributed by atoms with Crippen LogP contribution in [0.1, 0.15) is 21.5 Å². The number of hydrogen-bond donors (Lipinski definition) is 0. The number of nitriles is 1. The third-order valence-electron chi connectivity index (χ3n) is 3.97. The Labute approximate surface area is 162 Å². The highest BCUT2D eigenvalue weighted by molar-refractivity contribution is 7.99. The third-order valence-corrected chi connectivity index (χ3v) is 4.94. The fourth-order valence-corrected chi connectivity index (χ4v) is 3.47. The van der Waals surface area contributed by atoms with Crippen molar-refractivity contribution in [2.24, 2.45) is 0 Å². The Kier molecular flexibility index (Phi) is 5.84. The van der Waals surface area contributed by atoms with Crippen LogP contribution in [0.5, 0.6) is 0 Å². The van der Waals surface area contributed by atoms with Crippen LogP contribution in [-0.4, -0.2) is 26.3 Å². The van der Waals surface area contributed by atoms with Crippen molar-refractivity contribution in [3.63, 3.8) is 0 Å². The van der Waals surface area contributed by atoms with Gasteiger partial charge in [0.2, 0.25) is 0 Å². The van der Waals surface area contributed by atoms with Gasteiger partial charge >= 0.3 is 0 Å². The van der Waals surface area contributed by atoms with Crippen molar-refractivity contribution < 1.29 is 4.79 Å². The number of Topliss-reactive ketones (excluding diaryl/α,β-unsaturated/α-hetero) is 1. The number of ketones is 1. The predicted octanol–water partition coefficient (Wildman–Crippen LogP) is 4.29. The number of carbonyl (C=O) groups is 1. The molecule has 0 aliphatic rings. The Morgan fingerprint density at radius 1 is 1.26 bits per heavy atom. The van der Waals surface area contributed by atoms with Gasteiger partial charge in [-0.05, 0) is 25.1 Å². The number of aromatic nitrogens is 3. The molecule has 134 valence electrons. The van der Waals surface area contributed by atoms with Crippen LogP contribution in [0.3, 0.4) is 0 Å². The molecule has 0 radical (unpaired) electrons. The van der Waals surface area contributed by atoms with E-state index in [-0.39, 0.29) is 11.5 Å². The minimum atomic E-state index is -0.0188. The van der Waals surface area contributed by atoms with Crippen molar-refractivity contribution >= 4 is 17.5 Å². The van der Waals surface area contributed by atoms with Crippen LogP contribution in [0.2, 0.25) is 0 Å². The van der Waals surface area contributed by atoms with Gasteiger partial charge in [0, 0.05) is 17.7 Å². The Hall–Kier alpha value is -3.17. The monoisotopic (exact) mass is 374 g/mol. The van der Waals surface area contributed by atoms with Crippen LogP contribution >= 0.6 is 11.8 Å². The minimum Gasteiger partial charge on any atom is -0.298 e. The molecule has 6 heteroatoms. The number of aryl methyl sites for hydroxylation is 1. The van der Waals surface area contributed by atoms with Gasteiger partial charge in [0.1, 0.15) is 0 Å². The van der Waals surface area contributed by atoms with E-state index in [0.717, 1.165) is 17.0 Å². The molecule has 0 saturated carbocycles. The SMILES string of the molecule is C=CCn1c(SCC(=O)c2ccc(C#N)cc2)nnc1-c1cccc(C)c1. The molecule has 0 bridgehead atoms.